The van der Waals surface area contributed by atoms with Gasteiger partial charge >= 0.3 is 5.69 Å². The van der Waals surface area contributed by atoms with Gasteiger partial charge in [0.25, 0.3) is 0 Å². The molecule has 2 aliphatic carbocycles. The van der Waals surface area contributed by atoms with Crippen molar-refractivity contribution in [3.63, 3.8) is 0 Å². The van der Waals surface area contributed by atoms with Gasteiger partial charge in [-0.3, -0.25) is 10.1 Å². The molecule has 0 aromatic heterocycles. The van der Waals surface area contributed by atoms with Crippen molar-refractivity contribution < 1.29 is 14.1 Å². The molecule has 0 saturated heterocycles. The van der Waals surface area contributed by atoms with Crippen LogP contribution in [0.2, 0.25) is 0 Å². The summed E-state index contributed by atoms with van der Waals surface area (Å²) in [6.45, 7) is 0. The average Bonchev–Trinajstić information content (AvgIpc) is 2.92. The lowest BCUT2D eigenvalue weighted by molar-refractivity contribution is -0.386. The van der Waals surface area contributed by atoms with Crippen LogP contribution in [0.15, 0.2) is 16.6 Å². The largest absolute Gasteiger partial charge is 0.482 e. The maximum absolute atomic E-state index is 13.4. The molecule has 2 saturated carbocycles. The molecule has 2 aliphatic rings. The zero-order chi connectivity index (χ0) is 15.2. The summed E-state index contributed by atoms with van der Waals surface area (Å²) in [6.07, 6.45) is 5.23. The van der Waals surface area contributed by atoms with Gasteiger partial charge < -0.3 is 4.74 Å². The summed E-state index contributed by atoms with van der Waals surface area (Å²) in [6, 6.07) is 2.11. The van der Waals surface area contributed by atoms with Gasteiger partial charge in [0.1, 0.15) is 11.9 Å². The van der Waals surface area contributed by atoms with Crippen molar-refractivity contribution in [1.29, 1.82) is 0 Å². The van der Waals surface area contributed by atoms with Gasteiger partial charge in [0.05, 0.1) is 15.5 Å². The molecular weight excluding hydrogens is 409 g/mol. The van der Waals surface area contributed by atoms with Gasteiger partial charge in [-0.05, 0) is 41.3 Å². The lowest BCUT2D eigenvalue weighted by Gasteiger charge is -2.51. The fraction of sp³-hybridized carbons (Fsp3) is 0.571. The minimum atomic E-state index is -0.650. The number of rotatable bonds is 3. The molecule has 2 unspecified atom stereocenters. The number of hydrogen-bond donors (Lipinski definition) is 0. The molecule has 1 spiro atoms. The Morgan fingerprint density at radius 2 is 2.05 bits per heavy atom. The number of ether oxygens (including phenoxy) is 1. The van der Waals surface area contributed by atoms with E-state index in [-0.39, 0.29) is 23.0 Å². The van der Waals surface area contributed by atoms with Crippen molar-refractivity contribution in [2.75, 3.05) is 0 Å². The van der Waals surface area contributed by atoms with E-state index in [0.29, 0.717) is 9.30 Å². The SMILES string of the molecule is O=[N+]([O-])c1cc(F)cc(Br)c1OC1CC(Br)C12CCCC2. The van der Waals surface area contributed by atoms with Crippen LogP contribution in [-0.4, -0.2) is 15.9 Å². The smallest absolute Gasteiger partial charge is 0.315 e. The number of benzene rings is 1. The molecule has 1 aromatic rings. The molecule has 114 valence electrons. The van der Waals surface area contributed by atoms with Crippen LogP contribution in [0, 0.1) is 21.3 Å². The Morgan fingerprint density at radius 1 is 1.38 bits per heavy atom. The van der Waals surface area contributed by atoms with Crippen LogP contribution >= 0.6 is 31.9 Å². The summed E-state index contributed by atoms with van der Waals surface area (Å²) in [5, 5.41) is 11.1. The van der Waals surface area contributed by atoms with Crippen molar-refractivity contribution in [3.8, 4) is 5.75 Å². The van der Waals surface area contributed by atoms with E-state index < -0.39 is 10.7 Å². The maximum Gasteiger partial charge on any atom is 0.315 e. The van der Waals surface area contributed by atoms with Gasteiger partial charge in [0, 0.05) is 10.2 Å². The van der Waals surface area contributed by atoms with Crippen LogP contribution in [-0.2, 0) is 0 Å². The van der Waals surface area contributed by atoms with Gasteiger partial charge in [-0.25, -0.2) is 4.39 Å². The second-order valence-electron chi connectivity index (χ2n) is 5.74. The number of nitrogens with zero attached hydrogens (tertiary/aromatic N) is 1. The monoisotopic (exact) mass is 421 g/mol. The van der Waals surface area contributed by atoms with Crippen molar-refractivity contribution in [1.82, 2.24) is 0 Å². The molecule has 0 aliphatic heterocycles. The van der Waals surface area contributed by atoms with Crippen molar-refractivity contribution in [3.05, 3.63) is 32.5 Å². The van der Waals surface area contributed by atoms with Crippen LogP contribution in [0.25, 0.3) is 0 Å². The predicted octanol–water partition coefficient (Wildman–Crippen LogP) is 4.97. The van der Waals surface area contributed by atoms with Gasteiger partial charge in [-0.15, -0.1) is 0 Å². The number of alkyl halides is 1. The normalized spacial score (nSPS) is 26.6. The summed E-state index contributed by atoms with van der Waals surface area (Å²) in [4.78, 5) is 10.9. The first-order valence-electron chi connectivity index (χ1n) is 6.88. The Bertz CT molecular complexity index is 590. The van der Waals surface area contributed by atoms with Crippen LogP contribution in [0.5, 0.6) is 5.75 Å². The Morgan fingerprint density at radius 3 is 2.62 bits per heavy atom. The standard InChI is InChI=1S/C14H14Br2FNO3/c15-9-5-8(17)6-10(18(19)20)13(9)21-12-7-11(16)14(12)3-1-2-4-14/h5-6,11-12H,1-4,7H2. The third-order valence-electron chi connectivity index (χ3n) is 4.67. The Balaban J connectivity index is 1.90. The first-order valence-corrected chi connectivity index (χ1v) is 8.59. The fourth-order valence-electron chi connectivity index (χ4n) is 3.47. The topological polar surface area (TPSA) is 52.4 Å². The van der Waals surface area contributed by atoms with Gasteiger partial charge in [-0.1, -0.05) is 28.8 Å². The highest BCUT2D eigenvalue weighted by Gasteiger charge is 2.57. The molecule has 1 aromatic carbocycles. The Kier molecular flexibility index (Phi) is 3.98. The third-order valence-corrected chi connectivity index (χ3v) is 6.54. The number of halogens is 3. The van der Waals surface area contributed by atoms with Crippen LogP contribution in [0.4, 0.5) is 10.1 Å². The van der Waals surface area contributed by atoms with E-state index in [2.05, 4.69) is 31.9 Å². The van der Waals surface area contributed by atoms with E-state index in [4.69, 9.17) is 4.74 Å². The summed E-state index contributed by atoms with van der Waals surface area (Å²) in [5.74, 6) is -0.513. The molecule has 0 amide bonds. The Labute approximate surface area is 138 Å². The van der Waals surface area contributed by atoms with Crippen LogP contribution in [0.1, 0.15) is 32.1 Å². The van der Waals surface area contributed by atoms with E-state index in [1.807, 2.05) is 0 Å². The van der Waals surface area contributed by atoms with E-state index in [1.54, 1.807) is 0 Å². The van der Waals surface area contributed by atoms with Gasteiger partial charge in [0.15, 0.2) is 0 Å². The minimum Gasteiger partial charge on any atom is -0.482 e. The number of nitro groups is 1. The maximum atomic E-state index is 13.4. The molecular formula is C14H14Br2FNO3. The fourth-order valence-corrected chi connectivity index (χ4v) is 5.08. The zero-order valence-electron chi connectivity index (χ0n) is 11.2. The number of nitro benzene ring substituents is 1. The third kappa shape index (κ3) is 2.48. The summed E-state index contributed by atoms with van der Waals surface area (Å²) in [5.41, 5.74) is -0.255. The molecule has 0 N–H and O–H groups in total. The summed E-state index contributed by atoms with van der Waals surface area (Å²) < 4.78 is 19.6. The molecule has 2 atom stereocenters. The van der Waals surface area contributed by atoms with Gasteiger partial charge in [0.2, 0.25) is 5.75 Å². The summed E-state index contributed by atoms with van der Waals surface area (Å²) in [7, 11) is 0. The molecule has 0 radical (unpaired) electrons. The molecule has 0 bridgehead atoms. The molecule has 7 heteroatoms. The zero-order valence-corrected chi connectivity index (χ0v) is 14.3. The van der Waals surface area contributed by atoms with Gasteiger partial charge in [-0.2, -0.15) is 0 Å². The Hall–Kier alpha value is -0.690. The lowest BCUT2D eigenvalue weighted by atomic mass is 9.64. The second kappa shape index (κ2) is 5.50. The first-order chi connectivity index (χ1) is 9.94. The van der Waals surface area contributed by atoms with E-state index in [1.165, 1.54) is 6.07 Å². The van der Waals surface area contributed by atoms with Crippen molar-refractivity contribution in [2.24, 2.45) is 5.41 Å². The highest BCUT2D eigenvalue weighted by molar-refractivity contribution is 9.10. The molecule has 3 rings (SSSR count). The highest BCUT2D eigenvalue weighted by Crippen LogP contribution is 2.58. The molecule has 4 nitrogen and oxygen atoms in total. The van der Waals surface area contributed by atoms with Crippen LogP contribution < -0.4 is 4.74 Å². The first kappa shape index (κ1) is 15.2. The number of hydrogen-bond acceptors (Lipinski definition) is 3. The molecule has 0 heterocycles. The molecule has 2 fully saturated rings. The minimum absolute atomic E-state index is 0.0511. The molecule has 21 heavy (non-hydrogen) atoms. The second-order valence-corrected chi connectivity index (χ2v) is 7.70. The van der Waals surface area contributed by atoms with E-state index >= 15 is 0 Å². The van der Waals surface area contributed by atoms with Crippen molar-refractivity contribution >= 4 is 37.5 Å². The predicted molar refractivity (Wildman–Crippen MR) is 83.4 cm³/mol. The van der Waals surface area contributed by atoms with E-state index in [9.17, 15) is 14.5 Å². The highest BCUT2D eigenvalue weighted by atomic mass is 79.9. The lowest BCUT2D eigenvalue weighted by Crippen LogP contribution is -2.55. The summed E-state index contributed by atoms with van der Waals surface area (Å²) >= 11 is 6.87. The van der Waals surface area contributed by atoms with E-state index in [0.717, 1.165) is 38.2 Å². The van der Waals surface area contributed by atoms with Crippen molar-refractivity contribution in [2.45, 2.75) is 43.0 Å². The average molecular weight is 423 g/mol. The van der Waals surface area contributed by atoms with Crippen LogP contribution in [0.3, 0.4) is 0 Å². The quantitative estimate of drug-likeness (QED) is 0.392.